The Balaban J connectivity index is 1.90. The molecule has 6 heteroatoms. The SMILES string of the molecule is CCOC1CCCN(Cc2nnsc2NC)C1. The highest BCUT2D eigenvalue weighted by molar-refractivity contribution is 7.10. The first-order valence-electron chi connectivity index (χ1n) is 6.16. The van der Waals surface area contributed by atoms with E-state index in [0.29, 0.717) is 6.10 Å². The summed E-state index contributed by atoms with van der Waals surface area (Å²) in [5, 5.41) is 8.39. The van der Waals surface area contributed by atoms with Crippen LogP contribution in [0.25, 0.3) is 0 Å². The van der Waals surface area contributed by atoms with Gasteiger partial charge in [0.25, 0.3) is 0 Å². The van der Waals surface area contributed by atoms with Crippen molar-refractivity contribution in [3.05, 3.63) is 5.69 Å². The van der Waals surface area contributed by atoms with Gasteiger partial charge in [0.1, 0.15) is 10.7 Å². The molecule has 1 atom stereocenters. The Morgan fingerprint density at radius 1 is 1.59 bits per heavy atom. The number of hydrogen-bond donors (Lipinski definition) is 1. The van der Waals surface area contributed by atoms with Crippen LogP contribution in [0.3, 0.4) is 0 Å². The molecule has 1 saturated heterocycles. The second-order valence-corrected chi connectivity index (χ2v) is 5.01. The van der Waals surface area contributed by atoms with Crippen LogP contribution in [0.4, 0.5) is 5.00 Å². The summed E-state index contributed by atoms with van der Waals surface area (Å²) in [5.41, 5.74) is 1.05. The van der Waals surface area contributed by atoms with Gasteiger partial charge in [0.15, 0.2) is 0 Å². The minimum Gasteiger partial charge on any atom is -0.377 e. The molecule has 96 valence electrons. The van der Waals surface area contributed by atoms with Gasteiger partial charge in [-0.05, 0) is 26.3 Å². The van der Waals surface area contributed by atoms with E-state index < -0.39 is 0 Å². The molecule has 0 saturated carbocycles. The molecule has 1 aliphatic heterocycles. The molecule has 0 spiro atoms. The summed E-state index contributed by atoms with van der Waals surface area (Å²) in [6.45, 7) is 5.87. The maximum atomic E-state index is 5.70. The van der Waals surface area contributed by atoms with E-state index in [0.717, 1.165) is 36.9 Å². The molecule has 1 aromatic heterocycles. The third-order valence-corrected chi connectivity index (χ3v) is 3.81. The van der Waals surface area contributed by atoms with Gasteiger partial charge in [-0.25, -0.2) is 0 Å². The summed E-state index contributed by atoms with van der Waals surface area (Å²) >= 11 is 1.42. The number of nitrogens with one attached hydrogen (secondary N) is 1. The molecule has 17 heavy (non-hydrogen) atoms. The molecule has 1 fully saturated rings. The van der Waals surface area contributed by atoms with Crippen molar-refractivity contribution in [3.63, 3.8) is 0 Å². The summed E-state index contributed by atoms with van der Waals surface area (Å²) in [5.74, 6) is 0. The lowest BCUT2D eigenvalue weighted by Crippen LogP contribution is -2.39. The van der Waals surface area contributed by atoms with Gasteiger partial charge >= 0.3 is 0 Å². The normalized spacial score (nSPS) is 21.6. The van der Waals surface area contributed by atoms with Crippen LogP contribution in [0.15, 0.2) is 0 Å². The van der Waals surface area contributed by atoms with Gasteiger partial charge < -0.3 is 10.1 Å². The van der Waals surface area contributed by atoms with Crippen molar-refractivity contribution in [3.8, 4) is 0 Å². The zero-order chi connectivity index (χ0) is 12.1. The summed E-state index contributed by atoms with van der Waals surface area (Å²) in [4.78, 5) is 2.40. The van der Waals surface area contributed by atoms with E-state index in [2.05, 4.69) is 26.7 Å². The first-order valence-corrected chi connectivity index (χ1v) is 6.93. The van der Waals surface area contributed by atoms with Gasteiger partial charge in [-0.15, -0.1) is 5.10 Å². The smallest absolute Gasteiger partial charge is 0.134 e. The molecule has 2 heterocycles. The van der Waals surface area contributed by atoms with Gasteiger partial charge in [-0.2, -0.15) is 0 Å². The van der Waals surface area contributed by atoms with Crippen molar-refractivity contribution < 1.29 is 4.74 Å². The number of nitrogens with zero attached hydrogens (tertiary/aromatic N) is 3. The maximum Gasteiger partial charge on any atom is 0.134 e. The second-order valence-electron chi connectivity index (χ2n) is 4.25. The lowest BCUT2D eigenvalue weighted by molar-refractivity contribution is 0.00336. The van der Waals surface area contributed by atoms with Crippen molar-refractivity contribution in [2.75, 3.05) is 32.1 Å². The van der Waals surface area contributed by atoms with Crippen LogP contribution in [-0.2, 0) is 11.3 Å². The molecule has 0 bridgehead atoms. The molecule has 1 unspecified atom stereocenters. The zero-order valence-corrected chi connectivity index (χ0v) is 11.3. The lowest BCUT2D eigenvalue weighted by atomic mass is 10.1. The molecular formula is C11H20N4OS. The number of anilines is 1. The number of rotatable bonds is 5. The van der Waals surface area contributed by atoms with Gasteiger partial charge in [-0.3, -0.25) is 4.90 Å². The highest BCUT2D eigenvalue weighted by Gasteiger charge is 2.21. The molecule has 0 aliphatic carbocycles. The van der Waals surface area contributed by atoms with Crippen LogP contribution in [0.1, 0.15) is 25.5 Å². The standard InChI is InChI=1S/C11H20N4OS/c1-3-16-9-5-4-6-15(7-9)8-10-11(12-2)17-14-13-10/h9,12H,3-8H2,1-2H3. The monoisotopic (exact) mass is 256 g/mol. The second kappa shape index (κ2) is 6.28. The van der Waals surface area contributed by atoms with Crippen LogP contribution in [0.2, 0.25) is 0 Å². The highest BCUT2D eigenvalue weighted by Crippen LogP contribution is 2.21. The van der Waals surface area contributed by atoms with Gasteiger partial charge in [-0.1, -0.05) is 4.49 Å². The summed E-state index contributed by atoms with van der Waals surface area (Å²) in [6.07, 6.45) is 2.77. The summed E-state index contributed by atoms with van der Waals surface area (Å²) in [6, 6.07) is 0. The molecule has 1 N–H and O–H groups in total. The van der Waals surface area contributed by atoms with Crippen LogP contribution in [0, 0.1) is 0 Å². The molecule has 0 aromatic carbocycles. The van der Waals surface area contributed by atoms with Crippen molar-refractivity contribution in [1.29, 1.82) is 0 Å². The zero-order valence-electron chi connectivity index (χ0n) is 10.5. The van der Waals surface area contributed by atoms with Crippen LogP contribution < -0.4 is 5.32 Å². The highest BCUT2D eigenvalue weighted by atomic mass is 32.1. The van der Waals surface area contributed by atoms with Gasteiger partial charge in [0.05, 0.1) is 6.10 Å². The Morgan fingerprint density at radius 3 is 3.24 bits per heavy atom. The third kappa shape index (κ3) is 3.37. The fourth-order valence-electron chi connectivity index (χ4n) is 2.24. The number of likely N-dealkylation sites (tertiary alicyclic amines) is 1. The van der Waals surface area contributed by atoms with E-state index in [-0.39, 0.29) is 0 Å². The molecule has 1 aromatic rings. The maximum absolute atomic E-state index is 5.70. The average molecular weight is 256 g/mol. The first-order chi connectivity index (χ1) is 8.33. The number of piperidine rings is 1. The summed E-state index contributed by atoms with van der Waals surface area (Å²) < 4.78 is 9.68. The third-order valence-electron chi connectivity index (χ3n) is 3.02. The quantitative estimate of drug-likeness (QED) is 0.867. The van der Waals surface area contributed by atoms with E-state index in [4.69, 9.17) is 4.74 Å². The molecule has 2 rings (SSSR count). The minimum absolute atomic E-state index is 0.387. The largest absolute Gasteiger partial charge is 0.377 e. The fourth-order valence-corrected chi connectivity index (χ4v) is 2.77. The van der Waals surface area contributed by atoms with Gasteiger partial charge in [0, 0.05) is 38.3 Å². The lowest BCUT2D eigenvalue weighted by Gasteiger charge is -2.31. The molecule has 0 amide bonds. The van der Waals surface area contributed by atoms with E-state index in [9.17, 15) is 0 Å². The Labute approximate surface area is 106 Å². The van der Waals surface area contributed by atoms with Gasteiger partial charge in [0.2, 0.25) is 0 Å². The predicted octanol–water partition coefficient (Wildman–Crippen LogP) is 1.58. The predicted molar refractivity (Wildman–Crippen MR) is 69.4 cm³/mol. The first kappa shape index (κ1) is 12.7. The van der Waals surface area contributed by atoms with Crippen LogP contribution in [-0.4, -0.2) is 47.3 Å². The average Bonchev–Trinajstić information content (AvgIpc) is 2.77. The Bertz CT molecular complexity index is 342. The van der Waals surface area contributed by atoms with E-state index >= 15 is 0 Å². The van der Waals surface area contributed by atoms with Crippen molar-refractivity contribution in [2.24, 2.45) is 0 Å². The molecule has 0 radical (unpaired) electrons. The molecular weight excluding hydrogens is 236 g/mol. The van der Waals surface area contributed by atoms with Crippen LogP contribution in [0.5, 0.6) is 0 Å². The molecule has 5 nitrogen and oxygen atoms in total. The van der Waals surface area contributed by atoms with Crippen molar-refractivity contribution in [1.82, 2.24) is 14.5 Å². The topological polar surface area (TPSA) is 50.3 Å². The summed E-state index contributed by atoms with van der Waals surface area (Å²) in [7, 11) is 1.91. The fraction of sp³-hybridized carbons (Fsp3) is 0.818. The van der Waals surface area contributed by atoms with E-state index in [1.807, 2.05) is 7.05 Å². The van der Waals surface area contributed by atoms with Crippen molar-refractivity contribution >= 4 is 16.5 Å². The van der Waals surface area contributed by atoms with Crippen LogP contribution >= 0.6 is 11.5 Å². The molecule has 1 aliphatic rings. The Hall–Kier alpha value is -0.720. The van der Waals surface area contributed by atoms with Crippen molar-refractivity contribution in [2.45, 2.75) is 32.4 Å². The number of ether oxygens (including phenoxy) is 1. The van der Waals surface area contributed by atoms with E-state index in [1.54, 1.807) is 0 Å². The number of aromatic nitrogens is 2. The van der Waals surface area contributed by atoms with E-state index in [1.165, 1.54) is 24.4 Å². The Morgan fingerprint density at radius 2 is 2.47 bits per heavy atom. The number of hydrogen-bond acceptors (Lipinski definition) is 6. The Kier molecular flexibility index (Phi) is 4.70. The minimum atomic E-state index is 0.387.